The molecule has 0 aromatic carbocycles. The number of methoxy groups -OCH3 is 1. The summed E-state index contributed by atoms with van der Waals surface area (Å²) < 4.78 is 6.53. The van der Waals surface area contributed by atoms with Crippen LogP contribution in [0.2, 0.25) is 0 Å². The molecule has 0 aliphatic heterocycles. The van der Waals surface area contributed by atoms with Crippen LogP contribution in [0.25, 0.3) is 0 Å². The molecule has 1 amide bonds. The van der Waals surface area contributed by atoms with Crippen molar-refractivity contribution in [3.8, 4) is 0 Å². The van der Waals surface area contributed by atoms with E-state index in [0.29, 0.717) is 12.5 Å². The molecule has 3 N–H and O–H groups in total. The number of rotatable bonds is 7. The quantitative estimate of drug-likeness (QED) is 0.689. The zero-order valence-corrected chi connectivity index (χ0v) is 9.64. The Hall–Kier alpha value is -1.56. The first kappa shape index (κ1) is 12.5. The molecule has 0 bridgehead atoms. The minimum Gasteiger partial charge on any atom is -0.384 e. The van der Waals surface area contributed by atoms with Crippen LogP contribution in [-0.2, 0) is 16.1 Å². The number of hydrogen-bond acceptors (Lipinski definition) is 4. The number of hydrogen-bond donors (Lipinski definition) is 2. The van der Waals surface area contributed by atoms with Crippen molar-refractivity contribution in [1.82, 2.24) is 9.78 Å². The minimum atomic E-state index is -0.401. The molecule has 16 heavy (non-hydrogen) atoms. The lowest BCUT2D eigenvalue weighted by Gasteiger charge is -2.10. The summed E-state index contributed by atoms with van der Waals surface area (Å²) in [6.07, 6.45) is 3.42. The molecule has 90 valence electrons. The molecule has 1 aromatic rings. The average Bonchev–Trinajstić information content (AvgIpc) is 2.62. The predicted molar refractivity (Wildman–Crippen MR) is 61.0 cm³/mol. The summed E-state index contributed by atoms with van der Waals surface area (Å²) in [6.45, 7) is 3.71. The lowest BCUT2D eigenvalue weighted by Crippen LogP contribution is -2.19. The van der Waals surface area contributed by atoms with Gasteiger partial charge in [-0.15, -0.1) is 0 Å². The molecule has 0 spiro atoms. The van der Waals surface area contributed by atoms with Crippen LogP contribution in [0.3, 0.4) is 0 Å². The third-order valence-electron chi connectivity index (χ3n) is 2.06. The van der Waals surface area contributed by atoms with Crippen LogP contribution in [-0.4, -0.2) is 35.9 Å². The minimum absolute atomic E-state index is 0.106. The molecule has 1 heterocycles. The van der Waals surface area contributed by atoms with Crippen molar-refractivity contribution in [2.45, 2.75) is 13.5 Å². The number of primary amides is 1. The first-order valence-corrected chi connectivity index (χ1v) is 5.15. The van der Waals surface area contributed by atoms with Gasteiger partial charge in [0.15, 0.2) is 0 Å². The van der Waals surface area contributed by atoms with Crippen molar-refractivity contribution >= 4 is 11.6 Å². The van der Waals surface area contributed by atoms with Crippen molar-refractivity contribution in [2.75, 3.05) is 25.6 Å². The average molecular weight is 226 g/mol. The van der Waals surface area contributed by atoms with Gasteiger partial charge in [-0.1, -0.05) is 6.92 Å². The molecule has 0 fully saturated rings. The first-order chi connectivity index (χ1) is 7.61. The standard InChI is InChI=1S/C10H18N4O2/c1-8(7-16-2)3-12-9-4-13-14(5-9)6-10(11)15/h4-5,8,12H,3,6-7H2,1-2H3,(H2,11,15). The lowest BCUT2D eigenvalue weighted by molar-refractivity contribution is -0.118. The first-order valence-electron chi connectivity index (χ1n) is 5.15. The summed E-state index contributed by atoms with van der Waals surface area (Å²) in [5.41, 5.74) is 5.94. The largest absolute Gasteiger partial charge is 0.384 e. The summed E-state index contributed by atoms with van der Waals surface area (Å²) in [5.74, 6) is 0.0203. The topological polar surface area (TPSA) is 82.2 Å². The number of nitrogens with zero attached hydrogens (tertiary/aromatic N) is 2. The van der Waals surface area contributed by atoms with E-state index in [1.807, 2.05) is 0 Å². The maximum atomic E-state index is 10.7. The fraction of sp³-hybridized carbons (Fsp3) is 0.600. The summed E-state index contributed by atoms with van der Waals surface area (Å²) in [5, 5.41) is 7.21. The monoisotopic (exact) mass is 226 g/mol. The van der Waals surface area contributed by atoms with Gasteiger partial charge in [-0.3, -0.25) is 9.48 Å². The van der Waals surface area contributed by atoms with Gasteiger partial charge < -0.3 is 15.8 Å². The van der Waals surface area contributed by atoms with E-state index in [1.54, 1.807) is 19.5 Å². The van der Waals surface area contributed by atoms with E-state index in [-0.39, 0.29) is 6.54 Å². The van der Waals surface area contributed by atoms with Gasteiger partial charge in [0.05, 0.1) is 18.5 Å². The molecule has 0 radical (unpaired) electrons. The Morgan fingerprint density at radius 3 is 3.12 bits per heavy atom. The van der Waals surface area contributed by atoms with Gasteiger partial charge >= 0.3 is 0 Å². The van der Waals surface area contributed by atoms with E-state index in [4.69, 9.17) is 10.5 Å². The van der Waals surface area contributed by atoms with Crippen LogP contribution in [0, 0.1) is 5.92 Å². The maximum absolute atomic E-state index is 10.7. The van der Waals surface area contributed by atoms with Gasteiger partial charge in [0.25, 0.3) is 0 Å². The SMILES string of the molecule is COCC(C)CNc1cnn(CC(N)=O)c1. The van der Waals surface area contributed by atoms with Crippen LogP contribution in [0.15, 0.2) is 12.4 Å². The Morgan fingerprint density at radius 2 is 2.50 bits per heavy atom. The Morgan fingerprint density at radius 1 is 1.75 bits per heavy atom. The third kappa shape index (κ3) is 4.31. The lowest BCUT2D eigenvalue weighted by atomic mass is 10.2. The van der Waals surface area contributed by atoms with Crippen LogP contribution in [0.1, 0.15) is 6.92 Å². The molecule has 0 aliphatic rings. The summed E-state index contributed by atoms with van der Waals surface area (Å²) >= 11 is 0. The van der Waals surface area contributed by atoms with E-state index in [9.17, 15) is 4.79 Å². The highest BCUT2D eigenvalue weighted by molar-refractivity contribution is 5.73. The number of aromatic nitrogens is 2. The van der Waals surface area contributed by atoms with Crippen molar-refractivity contribution in [2.24, 2.45) is 11.7 Å². The van der Waals surface area contributed by atoms with Crippen molar-refractivity contribution < 1.29 is 9.53 Å². The molecule has 1 atom stereocenters. The highest BCUT2D eigenvalue weighted by Crippen LogP contribution is 2.06. The number of carbonyl (C=O) groups excluding carboxylic acids is 1. The second kappa shape index (κ2) is 6.12. The van der Waals surface area contributed by atoms with Gasteiger partial charge in [0, 0.05) is 19.9 Å². The van der Waals surface area contributed by atoms with Gasteiger partial charge in [-0.05, 0) is 5.92 Å². The Bertz CT molecular complexity index is 337. The van der Waals surface area contributed by atoms with Crippen molar-refractivity contribution in [1.29, 1.82) is 0 Å². The summed E-state index contributed by atoms with van der Waals surface area (Å²) in [4.78, 5) is 10.7. The van der Waals surface area contributed by atoms with Crippen LogP contribution < -0.4 is 11.1 Å². The molecule has 0 saturated heterocycles. The predicted octanol–water partition coefficient (Wildman–Crippen LogP) is 0.0628. The van der Waals surface area contributed by atoms with Crippen molar-refractivity contribution in [3.63, 3.8) is 0 Å². The van der Waals surface area contributed by atoms with E-state index in [1.165, 1.54) is 4.68 Å². The number of carbonyl (C=O) groups is 1. The van der Waals surface area contributed by atoms with Gasteiger partial charge in [0.1, 0.15) is 6.54 Å². The Kier molecular flexibility index (Phi) is 4.78. The molecule has 0 aliphatic carbocycles. The Balaban J connectivity index is 2.37. The number of ether oxygens (including phenoxy) is 1. The molecule has 0 saturated carbocycles. The van der Waals surface area contributed by atoms with E-state index in [0.717, 1.165) is 12.2 Å². The van der Waals surface area contributed by atoms with Gasteiger partial charge in [-0.25, -0.2) is 0 Å². The van der Waals surface area contributed by atoms with Crippen LogP contribution >= 0.6 is 0 Å². The number of nitrogens with one attached hydrogen (secondary N) is 1. The second-order valence-electron chi connectivity index (χ2n) is 3.83. The summed E-state index contributed by atoms with van der Waals surface area (Å²) in [7, 11) is 1.68. The maximum Gasteiger partial charge on any atom is 0.239 e. The van der Waals surface area contributed by atoms with E-state index < -0.39 is 5.91 Å². The van der Waals surface area contributed by atoms with E-state index in [2.05, 4.69) is 17.3 Å². The van der Waals surface area contributed by atoms with Crippen LogP contribution in [0.4, 0.5) is 5.69 Å². The van der Waals surface area contributed by atoms with Gasteiger partial charge in [0.2, 0.25) is 5.91 Å². The summed E-state index contributed by atoms with van der Waals surface area (Å²) in [6, 6.07) is 0. The normalized spacial score (nSPS) is 12.4. The fourth-order valence-corrected chi connectivity index (χ4v) is 1.34. The number of nitrogens with two attached hydrogens (primary N) is 1. The third-order valence-corrected chi connectivity index (χ3v) is 2.06. The van der Waals surface area contributed by atoms with Crippen molar-refractivity contribution in [3.05, 3.63) is 12.4 Å². The fourth-order valence-electron chi connectivity index (χ4n) is 1.34. The zero-order valence-electron chi connectivity index (χ0n) is 9.64. The number of amides is 1. The molecule has 1 rings (SSSR count). The van der Waals surface area contributed by atoms with E-state index >= 15 is 0 Å². The molecule has 6 heteroatoms. The second-order valence-corrected chi connectivity index (χ2v) is 3.83. The molecular weight excluding hydrogens is 208 g/mol. The van der Waals surface area contributed by atoms with Crippen LogP contribution in [0.5, 0.6) is 0 Å². The molecular formula is C10H18N4O2. The van der Waals surface area contributed by atoms with Gasteiger partial charge in [-0.2, -0.15) is 5.10 Å². The number of anilines is 1. The molecule has 1 unspecified atom stereocenters. The smallest absolute Gasteiger partial charge is 0.239 e. The molecule has 6 nitrogen and oxygen atoms in total. The highest BCUT2D eigenvalue weighted by Gasteiger charge is 2.03. The molecule has 1 aromatic heterocycles. The zero-order chi connectivity index (χ0) is 12.0. The highest BCUT2D eigenvalue weighted by atomic mass is 16.5. The Labute approximate surface area is 94.8 Å².